The van der Waals surface area contributed by atoms with Crippen LogP contribution in [0.15, 0.2) is 48.5 Å². The van der Waals surface area contributed by atoms with E-state index in [4.69, 9.17) is 9.72 Å². The number of fused-ring (bicyclic) bond motifs is 1. The second-order valence-electron chi connectivity index (χ2n) is 9.00. The van der Waals surface area contributed by atoms with Gasteiger partial charge in [-0.2, -0.15) is 0 Å². The van der Waals surface area contributed by atoms with E-state index in [-0.39, 0.29) is 12.5 Å². The quantitative estimate of drug-likeness (QED) is 0.608. The predicted molar refractivity (Wildman–Crippen MR) is 127 cm³/mol. The Morgan fingerprint density at radius 3 is 2.61 bits per heavy atom. The molecule has 0 bridgehead atoms. The first-order chi connectivity index (χ1) is 14.9. The van der Waals surface area contributed by atoms with Crippen LogP contribution in [-0.4, -0.2) is 30.6 Å². The third kappa shape index (κ3) is 4.98. The Bertz CT molecular complexity index is 1090. The van der Waals surface area contributed by atoms with Crippen molar-refractivity contribution in [2.24, 2.45) is 11.8 Å². The maximum atomic E-state index is 12.5. The number of ether oxygens (including phenoxy) is 1. The zero-order chi connectivity index (χ0) is 22.0. The molecule has 0 spiro atoms. The smallest absolute Gasteiger partial charge is 0.262 e. The third-order valence-corrected chi connectivity index (χ3v) is 5.88. The normalized spacial score (nSPS) is 18.8. The Kier molecular flexibility index (Phi) is 6.12. The van der Waals surface area contributed by atoms with Crippen molar-refractivity contribution in [3.63, 3.8) is 0 Å². The maximum absolute atomic E-state index is 12.5. The number of para-hydroxylation sites is 1. The third-order valence-electron chi connectivity index (χ3n) is 5.88. The molecule has 1 aliphatic rings. The Morgan fingerprint density at radius 2 is 1.87 bits per heavy atom. The highest BCUT2D eigenvalue weighted by molar-refractivity contribution is 5.93. The molecular weight excluding hydrogens is 386 g/mol. The Morgan fingerprint density at radius 1 is 1.10 bits per heavy atom. The fourth-order valence-corrected chi connectivity index (χ4v) is 4.54. The lowest BCUT2D eigenvalue weighted by molar-refractivity contribution is -0.118. The first-order valence-corrected chi connectivity index (χ1v) is 11.0. The van der Waals surface area contributed by atoms with Crippen molar-refractivity contribution < 1.29 is 9.53 Å². The number of nitrogens with one attached hydrogen (secondary N) is 1. The van der Waals surface area contributed by atoms with Crippen LogP contribution in [0, 0.1) is 25.7 Å². The molecule has 1 fully saturated rings. The first-order valence-electron chi connectivity index (χ1n) is 11.0. The molecule has 1 aromatic heterocycles. The van der Waals surface area contributed by atoms with Gasteiger partial charge in [0.2, 0.25) is 0 Å². The fraction of sp³-hybridized carbons (Fsp3) is 0.385. The van der Waals surface area contributed by atoms with Crippen molar-refractivity contribution in [3.05, 3.63) is 59.7 Å². The van der Waals surface area contributed by atoms with Crippen molar-refractivity contribution in [1.29, 1.82) is 0 Å². The minimum Gasteiger partial charge on any atom is -0.481 e. The fourth-order valence-electron chi connectivity index (χ4n) is 4.54. The van der Waals surface area contributed by atoms with Crippen LogP contribution in [-0.2, 0) is 4.79 Å². The van der Waals surface area contributed by atoms with Gasteiger partial charge in [-0.15, -0.1) is 0 Å². The molecule has 31 heavy (non-hydrogen) atoms. The maximum Gasteiger partial charge on any atom is 0.262 e. The summed E-state index contributed by atoms with van der Waals surface area (Å²) in [6, 6.07) is 16.0. The summed E-state index contributed by atoms with van der Waals surface area (Å²) >= 11 is 0. The molecule has 2 heterocycles. The molecular formula is C26H31N3O2. The Labute approximate surface area is 184 Å². The summed E-state index contributed by atoms with van der Waals surface area (Å²) in [4.78, 5) is 19.8. The van der Waals surface area contributed by atoms with E-state index in [9.17, 15) is 4.79 Å². The molecule has 0 radical (unpaired) electrons. The molecule has 5 nitrogen and oxygen atoms in total. The zero-order valence-corrected chi connectivity index (χ0v) is 18.8. The van der Waals surface area contributed by atoms with Gasteiger partial charge in [-0.05, 0) is 61.9 Å². The minimum atomic E-state index is -0.182. The van der Waals surface area contributed by atoms with Crippen molar-refractivity contribution in [2.75, 3.05) is 29.9 Å². The minimum absolute atomic E-state index is 0.0594. The van der Waals surface area contributed by atoms with Crippen molar-refractivity contribution in [2.45, 2.75) is 34.1 Å². The number of carbonyl (C=O) groups is 1. The number of anilines is 2. The molecule has 2 unspecified atom stereocenters. The van der Waals surface area contributed by atoms with E-state index in [2.05, 4.69) is 42.3 Å². The average Bonchev–Trinajstić information content (AvgIpc) is 2.73. The molecule has 4 rings (SSSR count). The van der Waals surface area contributed by atoms with Crippen LogP contribution in [0.5, 0.6) is 5.75 Å². The van der Waals surface area contributed by atoms with Crippen LogP contribution in [0.3, 0.4) is 0 Å². The highest BCUT2D eigenvalue weighted by Crippen LogP contribution is 2.30. The highest BCUT2D eigenvalue weighted by Gasteiger charge is 2.23. The summed E-state index contributed by atoms with van der Waals surface area (Å²) in [5.41, 5.74) is 3.81. The summed E-state index contributed by atoms with van der Waals surface area (Å²) in [6.07, 6.45) is 1.26. The van der Waals surface area contributed by atoms with Gasteiger partial charge >= 0.3 is 0 Å². The van der Waals surface area contributed by atoms with Crippen LogP contribution < -0.4 is 15.0 Å². The van der Waals surface area contributed by atoms with Gasteiger partial charge in [0.05, 0.1) is 0 Å². The topological polar surface area (TPSA) is 54.5 Å². The summed E-state index contributed by atoms with van der Waals surface area (Å²) < 4.78 is 5.91. The van der Waals surface area contributed by atoms with E-state index in [1.54, 1.807) is 0 Å². The number of hydrogen-bond acceptors (Lipinski definition) is 4. The molecule has 1 N–H and O–H groups in total. The number of carbonyl (C=O) groups excluding carboxylic acids is 1. The molecule has 2 aromatic carbocycles. The SMILES string of the molecule is Cc1ccc(NC(=O)COc2cccc3ccc(N4CC(C)CC(C)C4)nc23)c(C)c1. The average molecular weight is 418 g/mol. The lowest BCUT2D eigenvalue weighted by Crippen LogP contribution is -2.39. The van der Waals surface area contributed by atoms with Gasteiger partial charge in [-0.25, -0.2) is 4.98 Å². The zero-order valence-electron chi connectivity index (χ0n) is 18.8. The standard InChI is InChI=1S/C26H31N3O2/c1-17-8-10-22(20(4)13-17)27-25(30)16-31-23-7-5-6-21-9-11-24(28-26(21)23)29-14-18(2)12-19(3)15-29/h5-11,13,18-19H,12,14-16H2,1-4H3,(H,27,30). The molecule has 162 valence electrons. The monoisotopic (exact) mass is 417 g/mol. The van der Waals surface area contributed by atoms with E-state index in [0.717, 1.165) is 41.1 Å². The number of hydrogen-bond donors (Lipinski definition) is 1. The van der Waals surface area contributed by atoms with Gasteiger partial charge in [0, 0.05) is 24.2 Å². The van der Waals surface area contributed by atoms with Crippen molar-refractivity contribution in [1.82, 2.24) is 4.98 Å². The molecule has 1 aliphatic heterocycles. The number of aryl methyl sites for hydroxylation is 2. The Hall–Kier alpha value is -3.08. The molecule has 0 aliphatic carbocycles. The molecule has 3 aromatic rings. The molecule has 0 saturated carbocycles. The van der Waals surface area contributed by atoms with Gasteiger partial charge in [0.1, 0.15) is 17.1 Å². The van der Waals surface area contributed by atoms with E-state index in [1.807, 2.05) is 44.2 Å². The van der Waals surface area contributed by atoms with Crippen molar-refractivity contribution in [3.8, 4) is 5.75 Å². The van der Waals surface area contributed by atoms with Crippen LogP contribution in [0.2, 0.25) is 0 Å². The lowest BCUT2D eigenvalue weighted by Gasteiger charge is -2.35. The number of piperidine rings is 1. The van der Waals surface area contributed by atoms with Crippen LogP contribution in [0.25, 0.3) is 10.9 Å². The van der Waals surface area contributed by atoms with E-state index in [1.165, 1.54) is 12.0 Å². The molecule has 1 saturated heterocycles. The molecule has 1 amide bonds. The molecule has 5 heteroatoms. The van der Waals surface area contributed by atoms with E-state index >= 15 is 0 Å². The largest absolute Gasteiger partial charge is 0.481 e. The lowest BCUT2D eigenvalue weighted by atomic mass is 9.92. The second kappa shape index (κ2) is 8.96. The number of pyridine rings is 1. The second-order valence-corrected chi connectivity index (χ2v) is 9.00. The van der Waals surface area contributed by atoms with Crippen LogP contribution in [0.4, 0.5) is 11.5 Å². The van der Waals surface area contributed by atoms with Crippen LogP contribution in [0.1, 0.15) is 31.4 Å². The number of aromatic nitrogens is 1. The number of amides is 1. The van der Waals surface area contributed by atoms with Gasteiger partial charge in [0.15, 0.2) is 6.61 Å². The van der Waals surface area contributed by atoms with Crippen molar-refractivity contribution >= 4 is 28.3 Å². The van der Waals surface area contributed by atoms with Gasteiger partial charge < -0.3 is 15.0 Å². The summed E-state index contributed by atoms with van der Waals surface area (Å²) in [6.45, 7) is 10.6. The van der Waals surface area contributed by atoms with Gasteiger partial charge in [0.25, 0.3) is 5.91 Å². The van der Waals surface area contributed by atoms with E-state index in [0.29, 0.717) is 17.6 Å². The highest BCUT2D eigenvalue weighted by atomic mass is 16.5. The first kappa shape index (κ1) is 21.2. The van der Waals surface area contributed by atoms with E-state index < -0.39 is 0 Å². The van der Waals surface area contributed by atoms with Gasteiger partial charge in [-0.3, -0.25) is 4.79 Å². The number of rotatable bonds is 5. The predicted octanol–water partition coefficient (Wildman–Crippen LogP) is 5.35. The summed E-state index contributed by atoms with van der Waals surface area (Å²) in [7, 11) is 0. The summed E-state index contributed by atoms with van der Waals surface area (Å²) in [5, 5.41) is 3.94. The Balaban J connectivity index is 1.50. The summed E-state index contributed by atoms with van der Waals surface area (Å²) in [5.74, 6) is 2.73. The number of nitrogens with zero attached hydrogens (tertiary/aromatic N) is 2. The van der Waals surface area contributed by atoms with Crippen LogP contribution >= 0.6 is 0 Å². The number of benzene rings is 2. The molecule has 2 atom stereocenters. The van der Waals surface area contributed by atoms with Gasteiger partial charge in [-0.1, -0.05) is 43.7 Å².